The Morgan fingerprint density at radius 2 is 2.00 bits per heavy atom. The molecule has 4 aromatic rings. The molecule has 6 rings (SSSR count). The summed E-state index contributed by atoms with van der Waals surface area (Å²) in [5.74, 6) is 1.07. The predicted molar refractivity (Wildman–Crippen MR) is 114 cm³/mol. The quantitative estimate of drug-likeness (QED) is 0.438. The van der Waals surface area contributed by atoms with Crippen molar-refractivity contribution in [3.63, 3.8) is 0 Å². The maximum Gasteiger partial charge on any atom is 0.226 e. The summed E-state index contributed by atoms with van der Waals surface area (Å²) in [6.07, 6.45) is 1.11. The zero-order valence-corrected chi connectivity index (χ0v) is 17.0. The molecule has 0 aliphatic carbocycles. The number of aromatic nitrogens is 3. The molecule has 0 amide bonds. The van der Waals surface area contributed by atoms with E-state index in [0.29, 0.717) is 16.7 Å². The second kappa shape index (κ2) is 6.68. The lowest BCUT2D eigenvalue weighted by molar-refractivity contribution is 0.223. The second-order valence-electron chi connectivity index (χ2n) is 7.09. The van der Waals surface area contributed by atoms with Crippen LogP contribution in [0.2, 0.25) is 5.02 Å². The third-order valence-corrected chi connectivity index (χ3v) is 6.52. The number of anilines is 1. The van der Waals surface area contributed by atoms with Crippen LogP contribution in [0, 0.1) is 5.82 Å². The lowest BCUT2D eigenvalue weighted by Crippen LogP contribution is -2.32. The molecule has 0 saturated heterocycles. The number of nitrogens with zero attached hydrogens (tertiary/aromatic N) is 3. The number of halogens is 2. The van der Waals surface area contributed by atoms with Gasteiger partial charge in [-0.3, -0.25) is 0 Å². The Morgan fingerprint density at radius 3 is 2.80 bits per heavy atom. The third kappa shape index (κ3) is 2.66. The van der Waals surface area contributed by atoms with Crippen molar-refractivity contribution in [1.29, 1.82) is 0 Å². The van der Waals surface area contributed by atoms with Gasteiger partial charge in [0.2, 0.25) is 5.95 Å². The molecule has 0 saturated carbocycles. The lowest BCUT2D eigenvalue weighted by Gasteiger charge is -2.38. The van der Waals surface area contributed by atoms with Crippen molar-refractivity contribution in [3.05, 3.63) is 98.7 Å². The highest BCUT2D eigenvalue weighted by atomic mass is 35.5. The Bertz CT molecular complexity index is 1280. The van der Waals surface area contributed by atoms with Crippen LogP contribution in [0.3, 0.4) is 0 Å². The third-order valence-electron chi connectivity index (χ3n) is 5.36. The zero-order chi connectivity index (χ0) is 20.2. The fraction of sp³-hybridized carbons (Fsp3) is 0.0909. The number of thiophene rings is 1. The zero-order valence-electron chi connectivity index (χ0n) is 15.4. The second-order valence-corrected chi connectivity index (χ2v) is 8.51. The minimum absolute atomic E-state index is 0.207. The van der Waals surface area contributed by atoms with Gasteiger partial charge in [0.1, 0.15) is 30.0 Å². The van der Waals surface area contributed by atoms with E-state index < -0.39 is 6.10 Å². The van der Waals surface area contributed by atoms with Crippen LogP contribution in [-0.2, 0) is 0 Å². The molecule has 5 nitrogen and oxygen atoms in total. The average molecular weight is 437 g/mol. The van der Waals surface area contributed by atoms with Crippen LogP contribution in [0.4, 0.5) is 10.3 Å². The number of ether oxygens (including phenoxy) is 1. The largest absolute Gasteiger partial charge is 0.480 e. The summed E-state index contributed by atoms with van der Waals surface area (Å²) in [5.41, 5.74) is 3.60. The van der Waals surface area contributed by atoms with E-state index in [1.165, 1.54) is 18.5 Å². The summed E-state index contributed by atoms with van der Waals surface area (Å²) in [6, 6.07) is 15.8. The molecule has 2 atom stereocenters. The molecule has 1 N–H and O–H groups in total. The Balaban J connectivity index is 1.63. The summed E-state index contributed by atoms with van der Waals surface area (Å²) in [4.78, 5) is 5.51. The Kier molecular flexibility index (Phi) is 3.94. The number of hydrogen-bond donors (Lipinski definition) is 1. The first-order chi connectivity index (χ1) is 14.7. The van der Waals surface area contributed by atoms with E-state index in [9.17, 15) is 4.39 Å². The van der Waals surface area contributed by atoms with E-state index in [2.05, 4.69) is 21.5 Å². The molecule has 0 radical (unpaired) electrons. The fourth-order valence-electron chi connectivity index (χ4n) is 4.07. The van der Waals surface area contributed by atoms with Gasteiger partial charge in [-0.1, -0.05) is 29.8 Å². The summed E-state index contributed by atoms with van der Waals surface area (Å²) in [6.45, 7) is 0. The molecule has 2 aromatic carbocycles. The molecule has 0 spiro atoms. The number of hydrogen-bond acceptors (Lipinski definition) is 5. The molecule has 0 unspecified atom stereocenters. The number of benzene rings is 2. The summed E-state index contributed by atoms with van der Waals surface area (Å²) < 4.78 is 22.0. The molecular weight excluding hydrogens is 423 g/mol. The smallest absolute Gasteiger partial charge is 0.226 e. The summed E-state index contributed by atoms with van der Waals surface area (Å²) in [5, 5.41) is 10.6. The van der Waals surface area contributed by atoms with Crippen LogP contribution in [0.5, 0.6) is 5.75 Å². The fourth-order valence-corrected chi connectivity index (χ4v) is 5.07. The maximum absolute atomic E-state index is 13.6. The van der Waals surface area contributed by atoms with Crippen molar-refractivity contribution in [1.82, 2.24) is 14.8 Å². The molecule has 2 aromatic heterocycles. The monoisotopic (exact) mass is 436 g/mol. The Hall–Kier alpha value is -3.16. The van der Waals surface area contributed by atoms with Gasteiger partial charge >= 0.3 is 0 Å². The van der Waals surface area contributed by atoms with Gasteiger partial charge in [-0.2, -0.15) is 10.1 Å². The molecular formula is C22H14ClFN4OS. The van der Waals surface area contributed by atoms with Crippen LogP contribution < -0.4 is 10.1 Å². The molecule has 2 aliphatic rings. The highest BCUT2D eigenvalue weighted by Gasteiger charge is 2.41. The van der Waals surface area contributed by atoms with Crippen LogP contribution in [0.25, 0.3) is 5.70 Å². The van der Waals surface area contributed by atoms with Crippen molar-refractivity contribution < 1.29 is 9.13 Å². The van der Waals surface area contributed by atoms with E-state index in [1.54, 1.807) is 29.5 Å². The number of rotatable bonds is 2. The highest BCUT2D eigenvalue weighted by molar-refractivity contribution is 7.10. The van der Waals surface area contributed by atoms with Gasteiger partial charge in [0.15, 0.2) is 0 Å². The summed E-state index contributed by atoms with van der Waals surface area (Å²) in [7, 11) is 0. The Morgan fingerprint density at radius 1 is 1.13 bits per heavy atom. The lowest BCUT2D eigenvalue weighted by atomic mass is 9.87. The van der Waals surface area contributed by atoms with Gasteiger partial charge in [0, 0.05) is 21.0 Å². The van der Waals surface area contributed by atoms with E-state index in [-0.39, 0.29) is 11.9 Å². The molecule has 2 aliphatic heterocycles. The van der Waals surface area contributed by atoms with Gasteiger partial charge in [-0.05, 0) is 47.3 Å². The molecule has 4 heterocycles. The van der Waals surface area contributed by atoms with E-state index in [4.69, 9.17) is 16.3 Å². The molecule has 0 fully saturated rings. The highest BCUT2D eigenvalue weighted by Crippen LogP contribution is 2.51. The normalized spacial score (nSPS) is 19.4. The van der Waals surface area contributed by atoms with Crippen LogP contribution in [0.15, 0.2) is 71.9 Å². The first-order valence-corrected chi connectivity index (χ1v) is 10.6. The van der Waals surface area contributed by atoms with Crippen LogP contribution >= 0.6 is 22.9 Å². The van der Waals surface area contributed by atoms with Gasteiger partial charge in [-0.15, -0.1) is 11.3 Å². The average Bonchev–Trinajstić information content (AvgIpc) is 3.44. The first kappa shape index (κ1) is 17.7. The van der Waals surface area contributed by atoms with Crippen molar-refractivity contribution in [3.8, 4) is 5.75 Å². The minimum Gasteiger partial charge on any atom is -0.480 e. The van der Waals surface area contributed by atoms with Gasteiger partial charge in [0.25, 0.3) is 0 Å². The maximum atomic E-state index is 13.6. The topological polar surface area (TPSA) is 52.0 Å². The first-order valence-electron chi connectivity index (χ1n) is 9.35. The van der Waals surface area contributed by atoms with Gasteiger partial charge in [0.05, 0.1) is 5.70 Å². The van der Waals surface area contributed by atoms with Gasteiger partial charge in [-0.25, -0.2) is 9.07 Å². The molecule has 8 heteroatoms. The molecule has 30 heavy (non-hydrogen) atoms. The van der Waals surface area contributed by atoms with Gasteiger partial charge < -0.3 is 10.1 Å². The number of fused-ring (bicyclic) bond motifs is 3. The van der Waals surface area contributed by atoms with E-state index in [0.717, 1.165) is 27.3 Å². The molecule has 0 bridgehead atoms. The van der Waals surface area contributed by atoms with Crippen molar-refractivity contribution in [2.24, 2.45) is 0 Å². The van der Waals surface area contributed by atoms with Crippen LogP contribution in [0.1, 0.15) is 28.1 Å². The van der Waals surface area contributed by atoms with Crippen molar-refractivity contribution in [2.75, 3.05) is 5.32 Å². The molecule has 148 valence electrons. The minimum atomic E-state index is -0.425. The Labute approximate surface area is 180 Å². The van der Waals surface area contributed by atoms with E-state index >= 15 is 0 Å². The standard InChI is InChI=1S/C22H14ClFN4OS/c23-13-5-8-16-15(10-13)19-18(21(29-16)12-3-6-14(24)7-4-12)20(17-2-1-9-30-17)28-22(27-19)25-11-26-28/h1-11,20-21H,(H,25,26,27)/t20-,21+/m1/s1. The van der Waals surface area contributed by atoms with Crippen molar-refractivity contribution >= 4 is 34.6 Å². The number of nitrogens with one attached hydrogen (secondary N) is 1. The van der Waals surface area contributed by atoms with Crippen molar-refractivity contribution in [2.45, 2.75) is 12.1 Å². The summed E-state index contributed by atoms with van der Waals surface area (Å²) >= 11 is 7.96. The predicted octanol–water partition coefficient (Wildman–Crippen LogP) is 5.69. The SMILES string of the molecule is Fc1ccc([C@@H]2Oc3ccc(Cl)cc3C3=C2[C@@H](c2cccs2)n2ncnc2N3)cc1. The van der Waals surface area contributed by atoms with E-state index in [1.807, 2.05) is 28.3 Å². The van der Waals surface area contributed by atoms with Crippen LogP contribution in [-0.4, -0.2) is 14.8 Å².